The molecule has 0 atom stereocenters. The molecule has 0 aliphatic heterocycles. The van der Waals surface area contributed by atoms with E-state index in [1.54, 1.807) is 11.8 Å². The van der Waals surface area contributed by atoms with Crippen molar-refractivity contribution in [2.24, 2.45) is 10.7 Å². The Hall–Kier alpha value is -0.180. The van der Waals surface area contributed by atoms with Crippen LogP contribution in [-0.4, -0.2) is 23.4 Å². The van der Waals surface area contributed by atoms with Gasteiger partial charge in [0.25, 0.3) is 0 Å². The lowest BCUT2D eigenvalue weighted by Crippen LogP contribution is -2.20. The molecule has 0 heterocycles. The van der Waals surface area contributed by atoms with Gasteiger partial charge in [-0.1, -0.05) is 0 Å². The molecule has 0 aromatic heterocycles. The molecule has 0 aromatic rings. The Labute approximate surface area is 67.3 Å². The highest BCUT2D eigenvalue weighted by Gasteiger charge is 2.14. The highest BCUT2D eigenvalue weighted by atomic mass is 32.2. The van der Waals surface area contributed by atoms with E-state index in [0.717, 1.165) is 6.54 Å². The van der Waals surface area contributed by atoms with Crippen LogP contribution in [0.15, 0.2) is 4.99 Å². The highest BCUT2D eigenvalue weighted by Crippen LogP contribution is 2.20. The zero-order valence-electron chi connectivity index (χ0n) is 7.14. The maximum Gasteiger partial charge on any atom is 0.0906 e. The van der Waals surface area contributed by atoms with Gasteiger partial charge < -0.3 is 5.73 Å². The molecule has 0 unspecified atom stereocenters. The molecule has 2 nitrogen and oxygen atoms in total. The van der Waals surface area contributed by atoms with Gasteiger partial charge in [-0.15, -0.1) is 0 Å². The van der Waals surface area contributed by atoms with Crippen LogP contribution in [0.2, 0.25) is 0 Å². The molecule has 0 bridgehead atoms. The van der Waals surface area contributed by atoms with E-state index in [4.69, 9.17) is 5.73 Å². The van der Waals surface area contributed by atoms with Gasteiger partial charge in [0.2, 0.25) is 0 Å². The Kier molecular flexibility index (Phi) is 3.79. The molecule has 0 aromatic carbocycles. The first-order valence-corrected chi connectivity index (χ1v) is 4.52. The number of rotatable bonds is 3. The Bertz CT molecular complexity index is 126. The van der Waals surface area contributed by atoms with Gasteiger partial charge in [-0.2, -0.15) is 11.8 Å². The standard InChI is InChI=1S/C7H16N2S/c1-6(8)9-5-7(2,3)10-4/h5H2,1-4H3,(H2,8,9). The second kappa shape index (κ2) is 3.86. The van der Waals surface area contributed by atoms with E-state index in [1.807, 2.05) is 6.92 Å². The molecule has 0 radical (unpaired) electrons. The fourth-order valence-corrected chi connectivity index (χ4v) is 0.573. The van der Waals surface area contributed by atoms with E-state index in [1.165, 1.54) is 0 Å². The lowest BCUT2D eigenvalue weighted by molar-refractivity contribution is 0.726. The predicted octanol–water partition coefficient (Wildman–Crippen LogP) is 1.51. The summed E-state index contributed by atoms with van der Waals surface area (Å²) in [5.41, 5.74) is 5.40. The zero-order chi connectivity index (χ0) is 8.20. The fraction of sp³-hybridized carbons (Fsp3) is 0.857. The van der Waals surface area contributed by atoms with Crippen molar-refractivity contribution in [2.75, 3.05) is 12.8 Å². The van der Waals surface area contributed by atoms with Crippen LogP contribution in [0, 0.1) is 0 Å². The summed E-state index contributed by atoms with van der Waals surface area (Å²) in [6, 6.07) is 0. The summed E-state index contributed by atoms with van der Waals surface area (Å²) >= 11 is 1.81. The van der Waals surface area contributed by atoms with Gasteiger partial charge in [0.15, 0.2) is 0 Å². The monoisotopic (exact) mass is 160 g/mol. The summed E-state index contributed by atoms with van der Waals surface area (Å²) < 4.78 is 0.223. The molecule has 60 valence electrons. The first-order chi connectivity index (χ1) is 4.48. The van der Waals surface area contributed by atoms with Crippen LogP contribution in [0.3, 0.4) is 0 Å². The Morgan fingerprint density at radius 1 is 1.60 bits per heavy atom. The number of nitrogens with zero attached hydrogens (tertiary/aromatic N) is 1. The topological polar surface area (TPSA) is 38.4 Å². The molecular weight excluding hydrogens is 144 g/mol. The maximum atomic E-state index is 5.40. The lowest BCUT2D eigenvalue weighted by atomic mass is 10.2. The van der Waals surface area contributed by atoms with Gasteiger partial charge in [0.05, 0.1) is 12.4 Å². The minimum Gasteiger partial charge on any atom is -0.388 e. The van der Waals surface area contributed by atoms with Crippen molar-refractivity contribution in [3.05, 3.63) is 0 Å². The van der Waals surface area contributed by atoms with E-state index >= 15 is 0 Å². The number of hydrogen-bond acceptors (Lipinski definition) is 2. The quantitative estimate of drug-likeness (QED) is 0.502. The summed E-state index contributed by atoms with van der Waals surface area (Å²) in [7, 11) is 0. The third-order valence-electron chi connectivity index (χ3n) is 1.26. The van der Waals surface area contributed by atoms with Crippen LogP contribution >= 0.6 is 11.8 Å². The van der Waals surface area contributed by atoms with Crippen molar-refractivity contribution in [3.8, 4) is 0 Å². The van der Waals surface area contributed by atoms with Crippen LogP contribution in [0.5, 0.6) is 0 Å². The molecule has 0 saturated heterocycles. The van der Waals surface area contributed by atoms with Crippen LogP contribution in [0.4, 0.5) is 0 Å². The first kappa shape index (κ1) is 9.82. The number of thioether (sulfide) groups is 1. The third kappa shape index (κ3) is 4.68. The molecule has 0 rings (SSSR count). The van der Waals surface area contributed by atoms with Crippen molar-refractivity contribution >= 4 is 17.6 Å². The maximum absolute atomic E-state index is 5.40. The summed E-state index contributed by atoms with van der Waals surface area (Å²) in [6.07, 6.45) is 2.08. The molecular formula is C7H16N2S. The van der Waals surface area contributed by atoms with Crippen molar-refractivity contribution in [3.63, 3.8) is 0 Å². The van der Waals surface area contributed by atoms with Crippen molar-refractivity contribution in [2.45, 2.75) is 25.5 Å². The first-order valence-electron chi connectivity index (χ1n) is 3.29. The van der Waals surface area contributed by atoms with Gasteiger partial charge in [-0.3, -0.25) is 4.99 Å². The molecule has 0 amide bonds. The minimum atomic E-state index is 0.223. The van der Waals surface area contributed by atoms with Crippen molar-refractivity contribution in [1.29, 1.82) is 0 Å². The van der Waals surface area contributed by atoms with Gasteiger partial charge in [-0.05, 0) is 27.0 Å². The molecule has 2 N–H and O–H groups in total. The number of aliphatic imine (C=N–C) groups is 1. The molecule has 0 spiro atoms. The third-order valence-corrected chi connectivity index (χ3v) is 2.50. The average molecular weight is 160 g/mol. The summed E-state index contributed by atoms with van der Waals surface area (Å²) in [4.78, 5) is 4.14. The average Bonchev–Trinajstić information content (AvgIpc) is 1.85. The summed E-state index contributed by atoms with van der Waals surface area (Å²) in [5, 5.41) is 0. The van der Waals surface area contributed by atoms with Crippen LogP contribution in [-0.2, 0) is 0 Å². The summed E-state index contributed by atoms with van der Waals surface area (Å²) in [5.74, 6) is 0.669. The van der Waals surface area contributed by atoms with Gasteiger partial charge in [-0.25, -0.2) is 0 Å². The SMILES string of the molecule is CSC(C)(C)CN=C(C)N. The molecule has 0 aliphatic rings. The van der Waals surface area contributed by atoms with Crippen LogP contribution in [0.25, 0.3) is 0 Å². The molecule has 0 saturated carbocycles. The second-order valence-corrected chi connectivity index (χ2v) is 4.43. The Morgan fingerprint density at radius 3 is 2.40 bits per heavy atom. The number of hydrogen-bond donors (Lipinski definition) is 1. The van der Waals surface area contributed by atoms with E-state index in [2.05, 4.69) is 25.1 Å². The highest BCUT2D eigenvalue weighted by molar-refractivity contribution is 7.99. The van der Waals surface area contributed by atoms with E-state index in [0.29, 0.717) is 5.84 Å². The van der Waals surface area contributed by atoms with E-state index in [-0.39, 0.29) is 4.75 Å². The lowest BCUT2D eigenvalue weighted by Gasteiger charge is -2.18. The minimum absolute atomic E-state index is 0.223. The van der Waals surface area contributed by atoms with Gasteiger partial charge >= 0.3 is 0 Å². The smallest absolute Gasteiger partial charge is 0.0906 e. The normalized spacial score (nSPS) is 13.8. The predicted molar refractivity (Wildman–Crippen MR) is 49.8 cm³/mol. The number of nitrogens with two attached hydrogens (primary N) is 1. The fourth-order valence-electron chi connectivity index (χ4n) is 0.380. The molecule has 3 heteroatoms. The second-order valence-electron chi connectivity index (χ2n) is 2.92. The van der Waals surface area contributed by atoms with Gasteiger partial charge in [0.1, 0.15) is 0 Å². The van der Waals surface area contributed by atoms with E-state index < -0.39 is 0 Å². The molecule has 0 fully saturated rings. The largest absolute Gasteiger partial charge is 0.388 e. The molecule has 0 aliphatic carbocycles. The summed E-state index contributed by atoms with van der Waals surface area (Å²) in [6.45, 7) is 6.93. The van der Waals surface area contributed by atoms with Crippen LogP contribution in [0.1, 0.15) is 20.8 Å². The Balaban J connectivity index is 3.78. The Morgan fingerprint density at radius 2 is 2.10 bits per heavy atom. The molecule has 10 heavy (non-hydrogen) atoms. The zero-order valence-corrected chi connectivity index (χ0v) is 7.96. The van der Waals surface area contributed by atoms with Crippen molar-refractivity contribution in [1.82, 2.24) is 0 Å². The van der Waals surface area contributed by atoms with E-state index in [9.17, 15) is 0 Å². The van der Waals surface area contributed by atoms with Gasteiger partial charge in [0, 0.05) is 4.75 Å². The van der Waals surface area contributed by atoms with Crippen LogP contribution < -0.4 is 5.73 Å². The number of amidine groups is 1. The van der Waals surface area contributed by atoms with Crippen molar-refractivity contribution < 1.29 is 0 Å².